The number of nitrogens with zero attached hydrogens (tertiary/aromatic N) is 2. The van der Waals surface area contributed by atoms with Crippen molar-refractivity contribution in [3.63, 3.8) is 0 Å². The number of aromatic nitrogens is 3. The van der Waals surface area contributed by atoms with Gasteiger partial charge in [0.1, 0.15) is 5.82 Å². The summed E-state index contributed by atoms with van der Waals surface area (Å²) in [5, 5.41) is 10.9. The molecule has 4 N–H and O–H groups in total. The van der Waals surface area contributed by atoms with Crippen LogP contribution in [0.1, 0.15) is 21.6 Å². The maximum absolute atomic E-state index is 14.1. The smallest absolute Gasteiger partial charge is 0.251 e. The van der Waals surface area contributed by atoms with Gasteiger partial charge in [-0.2, -0.15) is 5.10 Å². The monoisotopic (exact) mass is 375 g/mol. The first kappa shape index (κ1) is 17.7. The maximum atomic E-state index is 14.1. The fourth-order valence-corrected chi connectivity index (χ4v) is 3.06. The molecule has 0 fully saturated rings. The number of amides is 1. The number of nitrogens with one attached hydrogen (secondary N) is 2. The van der Waals surface area contributed by atoms with Gasteiger partial charge in [0.25, 0.3) is 5.91 Å². The van der Waals surface area contributed by atoms with Crippen molar-refractivity contribution in [1.29, 1.82) is 0 Å². The van der Waals surface area contributed by atoms with Crippen LogP contribution in [0.15, 0.2) is 54.7 Å². The zero-order valence-electron chi connectivity index (χ0n) is 15.2. The van der Waals surface area contributed by atoms with E-state index in [1.54, 1.807) is 24.4 Å². The largest absolute Gasteiger partial charge is 0.399 e. The van der Waals surface area contributed by atoms with E-state index in [2.05, 4.69) is 20.5 Å². The van der Waals surface area contributed by atoms with Gasteiger partial charge in [-0.3, -0.25) is 14.9 Å². The van der Waals surface area contributed by atoms with Gasteiger partial charge in [0.15, 0.2) is 0 Å². The lowest BCUT2D eigenvalue weighted by atomic mass is 10.1. The number of benzene rings is 2. The quantitative estimate of drug-likeness (QED) is 0.508. The fourth-order valence-electron chi connectivity index (χ4n) is 3.06. The number of rotatable bonds is 4. The molecule has 2 aromatic heterocycles. The molecule has 1 amide bonds. The van der Waals surface area contributed by atoms with Crippen LogP contribution in [-0.2, 0) is 6.54 Å². The summed E-state index contributed by atoms with van der Waals surface area (Å²) in [4.78, 5) is 16.8. The highest BCUT2D eigenvalue weighted by molar-refractivity contribution is 5.95. The second-order valence-electron chi connectivity index (χ2n) is 6.61. The number of nitrogens with two attached hydrogens (primary N) is 1. The maximum Gasteiger partial charge on any atom is 0.251 e. The minimum absolute atomic E-state index is 0.208. The zero-order valence-corrected chi connectivity index (χ0v) is 15.2. The lowest BCUT2D eigenvalue weighted by Crippen LogP contribution is -2.23. The van der Waals surface area contributed by atoms with Gasteiger partial charge < -0.3 is 11.1 Å². The Kier molecular flexibility index (Phi) is 4.49. The van der Waals surface area contributed by atoms with Crippen molar-refractivity contribution in [3.05, 3.63) is 77.4 Å². The molecule has 2 aromatic carbocycles. The van der Waals surface area contributed by atoms with E-state index in [4.69, 9.17) is 5.73 Å². The molecule has 0 aliphatic rings. The molecule has 0 saturated heterocycles. The van der Waals surface area contributed by atoms with Gasteiger partial charge in [-0.15, -0.1) is 0 Å². The average molecular weight is 375 g/mol. The fraction of sp³-hybridized carbons (Fsp3) is 0.0952. The van der Waals surface area contributed by atoms with Crippen molar-refractivity contribution in [2.45, 2.75) is 13.5 Å². The number of hydrogen-bond donors (Lipinski definition) is 3. The van der Waals surface area contributed by atoms with Crippen molar-refractivity contribution < 1.29 is 9.18 Å². The Balaban J connectivity index is 1.57. The molecule has 0 unspecified atom stereocenters. The third-order valence-corrected chi connectivity index (χ3v) is 4.45. The zero-order chi connectivity index (χ0) is 19.7. The van der Waals surface area contributed by atoms with Gasteiger partial charge in [-0.05, 0) is 49.4 Å². The van der Waals surface area contributed by atoms with E-state index in [1.807, 2.05) is 25.1 Å². The Labute approximate surface area is 160 Å². The van der Waals surface area contributed by atoms with Crippen molar-refractivity contribution in [1.82, 2.24) is 20.5 Å². The Morgan fingerprint density at radius 2 is 2.04 bits per heavy atom. The summed E-state index contributed by atoms with van der Waals surface area (Å²) in [5.41, 5.74) is 10.2. The number of hydrogen-bond acceptors (Lipinski definition) is 4. The van der Waals surface area contributed by atoms with E-state index in [1.165, 1.54) is 12.1 Å². The summed E-state index contributed by atoms with van der Waals surface area (Å²) in [6.45, 7) is 2.24. The third-order valence-electron chi connectivity index (χ3n) is 4.45. The third kappa shape index (κ3) is 3.55. The van der Waals surface area contributed by atoms with Gasteiger partial charge in [-0.1, -0.05) is 11.6 Å². The normalized spacial score (nSPS) is 10.9. The number of H-pyrrole nitrogens is 1. The Morgan fingerprint density at radius 3 is 2.86 bits per heavy atom. The van der Waals surface area contributed by atoms with Crippen LogP contribution < -0.4 is 11.1 Å². The molecule has 2 heterocycles. The summed E-state index contributed by atoms with van der Waals surface area (Å²) in [6.07, 6.45) is 1.54. The van der Waals surface area contributed by atoms with E-state index in [0.29, 0.717) is 16.9 Å². The summed E-state index contributed by atoms with van der Waals surface area (Å²) < 4.78 is 14.1. The molecule has 0 aliphatic heterocycles. The molecular formula is C21H18FN5O. The van der Waals surface area contributed by atoms with E-state index >= 15 is 0 Å². The predicted octanol–water partition coefficient (Wildman–Crippen LogP) is 3.58. The number of fused-ring (bicyclic) bond motifs is 1. The summed E-state index contributed by atoms with van der Waals surface area (Å²) in [6, 6.07) is 13.3. The van der Waals surface area contributed by atoms with Crippen molar-refractivity contribution in [2.24, 2.45) is 0 Å². The molecule has 0 atom stereocenters. The number of nitrogen functional groups attached to an aromatic ring is 1. The molecule has 6 nitrogen and oxygen atoms in total. The number of pyridine rings is 1. The molecule has 0 spiro atoms. The van der Waals surface area contributed by atoms with Crippen LogP contribution in [0.2, 0.25) is 0 Å². The summed E-state index contributed by atoms with van der Waals surface area (Å²) >= 11 is 0. The summed E-state index contributed by atoms with van der Waals surface area (Å²) in [5.74, 6) is -0.908. The van der Waals surface area contributed by atoms with Crippen LogP contribution in [0.5, 0.6) is 0 Å². The molecule has 0 bridgehead atoms. The molecule has 0 radical (unpaired) electrons. The van der Waals surface area contributed by atoms with Crippen LogP contribution in [0.3, 0.4) is 0 Å². The van der Waals surface area contributed by atoms with Crippen molar-refractivity contribution in [3.8, 4) is 11.3 Å². The molecule has 28 heavy (non-hydrogen) atoms. The van der Waals surface area contributed by atoms with E-state index in [-0.39, 0.29) is 18.0 Å². The number of aryl methyl sites for hydroxylation is 1. The Morgan fingerprint density at radius 1 is 1.18 bits per heavy atom. The number of anilines is 1. The van der Waals surface area contributed by atoms with Crippen LogP contribution in [-0.4, -0.2) is 21.1 Å². The standard InChI is InChI=1S/C21H18FN5O/c1-12-2-3-18-17(6-12)20(27-26-18)11-25-21(28)14-7-13(8-15(22)9-14)19-10-16(23)4-5-24-19/h2-10H,11H2,1H3,(H2,23,24)(H,25,28)(H,26,27). The first-order valence-corrected chi connectivity index (χ1v) is 8.74. The van der Waals surface area contributed by atoms with Gasteiger partial charge in [0.05, 0.1) is 23.4 Å². The molecular weight excluding hydrogens is 357 g/mol. The topological polar surface area (TPSA) is 96.7 Å². The van der Waals surface area contributed by atoms with Gasteiger partial charge in [-0.25, -0.2) is 4.39 Å². The number of aromatic amines is 1. The first-order chi connectivity index (χ1) is 13.5. The lowest BCUT2D eigenvalue weighted by molar-refractivity contribution is 0.0950. The minimum Gasteiger partial charge on any atom is -0.399 e. The van der Waals surface area contributed by atoms with Gasteiger partial charge in [0, 0.05) is 28.4 Å². The average Bonchev–Trinajstić information content (AvgIpc) is 3.07. The molecule has 140 valence electrons. The molecule has 4 aromatic rings. The Bertz CT molecular complexity index is 1180. The predicted molar refractivity (Wildman–Crippen MR) is 106 cm³/mol. The van der Waals surface area contributed by atoms with Crippen LogP contribution >= 0.6 is 0 Å². The lowest BCUT2D eigenvalue weighted by Gasteiger charge is -2.08. The molecule has 0 aliphatic carbocycles. The Hall–Kier alpha value is -3.74. The van der Waals surface area contributed by atoms with E-state index < -0.39 is 5.82 Å². The second kappa shape index (κ2) is 7.11. The van der Waals surface area contributed by atoms with Crippen molar-refractivity contribution in [2.75, 3.05) is 5.73 Å². The molecule has 4 rings (SSSR count). The van der Waals surface area contributed by atoms with Crippen molar-refractivity contribution >= 4 is 22.5 Å². The number of halogens is 1. The summed E-state index contributed by atoms with van der Waals surface area (Å²) in [7, 11) is 0. The first-order valence-electron chi connectivity index (χ1n) is 8.74. The SMILES string of the molecule is Cc1ccc2n[nH]c(CNC(=O)c3cc(F)cc(-c4cc(N)ccn4)c3)c2c1. The van der Waals surface area contributed by atoms with Crippen LogP contribution in [0.25, 0.3) is 22.2 Å². The molecule has 7 heteroatoms. The van der Waals surface area contributed by atoms with E-state index in [0.717, 1.165) is 22.2 Å². The van der Waals surface area contributed by atoms with Gasteiger partial charge in [0.2, 0.25) is 0 Å². The second-order valence-corrected chi connectivity index (χ2v) is 6.61. The highest BCUT2D eigenvalue weighted by Crippen LogP contribution is 2.22. The van der Waals surface area contributed by atoms with Crippen LogP contribution in [0.4, 0.5) is 10.1 Å². The highest BCUT2D eigenvalue weighted by atomic mass is 19.1. The number of carbonyl (C=O) groups excluding carboxylic acids is 1. The van der Waals surface area contributed by atoms with E-state index in [9.17, 15) is 9.18 Å². The van der Waals surface area contributed by atoms with Gasteiger partial charge >= 0.3 is 0 Å². The minimum atomic E-state index is -0.519. The number of carbonyl (C=O) groups is 1. The van der Waals surface area contributed by atoms with Crippen LogP contribution in [0, 0.1) is 12.7 Å². The molecule has 0 saturated carbocycles. The highest BCUT2D eigenvalue weighted by Gasteiger charge is 2.12.